The van der Waals surface area contributed by atoms with Gasteiger partial charge in [-0.25, -0.2) is 0 Å². The second-order valence-corrected chi connectivity index (χ2v) is 8.14. The van der Waals surface area contributed by atoms with Crippen LogP contribution in [0.4, 0.5) is 0 Å². The van der Waals surface area contributed by atoms with Gasteiger partial charge in [0.25, 0.3) is 5.91 Å². The van der Waals surface area contributed by atoms with E-state index < -0.39 is 0 Å². The molecule has 128 valence electrons. The highest BCUT2D eigenvalue weighted by Crippen LogP contribution is 2.43. The van der Waals surface area contributed by atoms with Crippen molar-refractivity contribution in [1.29, 1.82) is 0 Å². The number of carbonyl (C=O) groups excluding carboxylic acids is 1. The Hall–Kier alpha value is -1.87. The quantitative estimate of drug-likeness (QED) is 0.628. The van der Waals surface area contributed by atoms with Gasteiger partial charge >= 0.3 is 0 Å². The van der Waals surface area contributed by atoms with Crippen LogP contribution in [-0.4, -0.2) is 17.4 Å². The predicted molar refractivity (Wildman–Crippen MR) is 104 cm³/mol. The topological polar surface area (TPSA) is 20.3 Å². The molecule has 25 heavy (non-hydrogen) atoms. The first-order chi connectivity index (χ1) is 12.2. The average Bonchev–Trinajstić information content (AvgIpc) is 3.24. The molecule has 2 aromatic carbocycles. The Bertz CT molecular complexity index is 786. The maximum atomic E-state index is 13.2. The molecule has 2 bridgehead atoms. The van der Waals surface area contributed by atoms with E-state index in [0.717, 1.165) is 22.5 Å². The highest BCUT2D eigenvalue weighted by molar-refractivity contribution is 9.10. The number of carbonyl (C=O) groups is 1. The van der Waals surface area contributed by atoms with Crippen LogP contribution in [0.1, 0.15) is 28.8 Å². The van der Waals surface area contributed by atoms with Crippen molar-refractivity contribution in [3.05, 3.63) is 82.3 Å². The molecule has 2 aliphatic carbocycles. The number of benzene rings is 2. The molecule has 3 heteroatoms. The van der Waals surface area contributed by atoms with Gasteiger partial charge in [0.15, 0.2) is 0 Å². The third kappa shape index (κ3) is 3.72. The zero-order valence-corrected chi connectivity index (χ0v) is 15.7. The van der Waals surface area contributed by atoms with Crippen LogP contribution in [0.5, 0.6) is 0 Å². The van der Waals surface area contributed by atoms with Gasteiger partial charge in [-0.05, 0) is 54.4 Å². The number of rotatable bonds is 5. The zero-order valence-electron chi connectivity index (χ0n) is 14.1. The van der Waals surface area contributed by atoms with Crippen LogP contribution in [0.15, 0.2) is 71.2 Å². The van der Waals surface area contributed by atoms with Gasteiger partial charge < -0.3 is 4.90 Å². The summed E-state index contributed by atoms with van der Waals surface area (Å²) in [5, 5.41) is 0. The van der Waals surface area contributed by atoms with E-state index in [-0.39, 0.29) is 5.91 Å². The Kier molecular flexibility index (Phi) is 4.76. The van der Waals surface area contributed by atoms with Gasteiger partial charge in [0.2, 0.25) is 0 Å². The lowest BCUT2D eigenvalue weighted by Gasteiger charge is -2.29. The van der Waals surface area contributed by atoms with E-state index in [1.807, 2.05) is 47.4 Å². The molecular formula is C22H22BrNO. The van der Waals surface area contributed by atoms with Crippen molar-refractivity contribution in [2.45, 2.75) is 19.4 Å². The molecule has 2 nitrogen and oxygen atoms in total. The van der Waals surface area contributed by atoms with Crippen molar-refractivity contribution in [2.24, 2.45) is 17.8 Å². The first-order valence-corrected chi connectivity index (χ1v) is 9.75. The van der Waals surface area contributed by atoms with Crippen LogP contribution in [-0.2, 0) is 6.54 Å². The number of hydrogen-bond donors (Lipinski definition) is 0. The maximum Gasteiger partial charge on any atom is 0.254 e. The zero-order chi connectivity index (χ0) is 17.2. The standard InChI is InChI=1S/C22H22BrNO/c23-21-8-4-7-19(13-21)22(25)24(14-16-5-2-1-3-6-16)15-20-12-17-9-10-18(20)11-17/h1-10,13,17-18,20H,11-12,14-15H2. The number of hydrogen-bond acceptors (Lipinski definition) is 1. The highest BCUT2D eigenvalue weighted by Gasteiger charge is 2.37. The van der Waals surface area contributed by atoms with E-state index >= 15 is 0 Å². The van der Waals surface area contributed by atoms with Gasteiger partial charge in [0, 0.05) is 23.1 Å². The van der Waals surface area contributed by atoms with Crippen molar-refractivity contribution in [1.82, 2.24) is 4.90 Å². The van der Waals surface area contributed by atoms with Crippen molar-refractivity contribution in [2.75, 3.05) is 6.54 Å². The van der Waals surface area contributed by atoms with E-state index in [9.17, 15) is 4.79 Å². The van der Waals surface area contributed by atoms with E-state index in [1.165, 1.54) is 18.4 Å². The van der Waals surface area contributed by atoms with E-state index in [2.05, 4.69) is 40.2 Å². The SMILES string of the molecule is O=C(c1cccc(Br)c1)N(Cc1ccccc1)CC1CC2C=CC1C2. The number of amides is 1. The minimum Gasteiger partial charge on any atom is -0.334 e. The van der Waals surface area contributed by atoms with Crippen LogP contribution < -0.4 is 0 Å². The summed E-state index contributed by atoms with van der Waals surface area (Å²) in [6.07, 6.45) is 7.22. The van der Waals surface area contributed by atoms with Gasteiger partial charge in [-0.1, -0.05) is 64.5 Å². The summed E-state index contributed by atoms with van der Waals surface area (Å²) in [5.74, 6) is 2.10. The lowest BCUT2D eigenvalue weighted by atomic mass is 9.92. The van der Waals surface area contributed by atoms with Crippen LogP contribution in [0, 0.1) is 17.8 Å². The van der Waals surface area contributed by atoms with Gasteiger partial charge in [0.1, 0.15) is 0 Å². The van der Waals surface area contributed by atoms with Crippen LogP contribution >= 0.6 is 15.9 Å². The molecular weight excluding hydrogens is 374 g/mol. The molecule has 4 rings (SSSR count). The van der Waals surface area contributed by atoms with Gasteiger partial charge in [-0.2, -0.15) is 0 Å². The Morgan fingerprint density at radius 1 is 1.04 bits per heavy atom. The molecule has 2 aliphatic rings. The Balaban J connectivity index is 1.56. The molecule has 3 unspecified atom stereocenters. The molecule has 0 saturated heterocycles. The molecule has 0 N–H and O–H groups in total. The molecule has 2 aromatic rings. The Labute approximate surface area is 157 Å². The molecule has 1 amide bonds. The van der Waals surface area contributed by atoms with Crippen molar-refractivity contribution < 1.29 is 4.79 Å². The third-order valence-corrected chi connectivity index (χ3v) is 5.94. The van der Waals surface area contributed by atoms with Crippen LogP contribution in [0.2, 0.25) is 0 Å². The summed E-state index contributed by atoms with van der Waals surface area (Å²) < 4.78 is 0.945. The lowest BCUT2D eigenvalue weighted by molar-refractivity contribution is 0.0704. The minimum absolute atomic E-state index is 0.122. The van der Waals surface area contributed by atoms with E-state index in [4.69, 9.17) is 0 Å². The Morgan fingerprint density at radius 3 is 2.56 bits per heavy atom. The van der Waals surface area contributed by atoms with Crippen LogP contribution in [0.3, 0.4) is 0 Å². The smallest absolute Gasteiger partial charge is 0.254 e. The van der Waals surface area contributed by atoms with Gasteiger partial charge in [-0.3, -0.25) is 4.79 Å². The van der Waals surface area contributed by atoms with Gasteiger partial charge in [0.05, 0.1) is 0 Å². The van der Waals surface area contributed by atoms with E-state index in [0.29, 0.717) is 18.4 Å². The molecule has 1 fully saturated rings. The molecule has 3 atom stereocenters. The molecule has 0 radical (unpaired) electrons. The number of halogens is 1. The third-order valence-electron chi connectivity index (χ3n) is 5.45. The molecule has 1 saturated carbocycles. The minimum atomic E-state index is 0.122. The summed E-state index contributed by atoms with van der Waals surface area (Å²) in [6.45, 7) is 1.51. The molecule has 0 heterocycles. The fraction of sp³-hybridized carbons (Fsp3) is 0.318. The second-order valence-electron chi connectivity index (χ2n) is 7.22. The van der Waals surface area contributed by atoms with Gasteiger partial charge in [-0.15, -0.1) is 0 Å². The first-order valence-electron chi connectivity index (χ1n) is 8.96. The summed E-state index contributed by atoms with van der Waals surface area (Å²) >= 11 is 3.48. The molecule has 0 aromatic heterocycles. The number of nitrogens with zero attached hydrogens (tertiary/aromatic N) is 1. The largest absolute Gasteiger partial charge is 0.334 e. The number of allylic oxidation sites excluding steroid dienone is 2. The van der Waals surface area contributed by atoms with Crippen LogP contribution in [0.25, 0.3) is 0 Å². The maximum absolute atomic E-state index is 13.2. The van der Waals surface area contributed by atoms with Crippen molar-refractivity contribution >= 4 is 21.8 Å². The molecule has 0 aliphatic heterocycles. The lowest BCUT2D eigenvalue weighted by Crippen LogP contribution is -2.36. The highest BCUT2D eigenvalue weighted by atomic mass is 79.9. The Morgan fingerprint density at radius 2 is 1.88 bits per heavy atom. The first kappa shape index (κ1) is 16.6. The number of fused-ring (bicyclic) bond motifs is 2. The summed E-state index contributed by atoms with van der Waals surface area (Å²) in [4.78, 5) is 15.2. The normalized spacial score (nSPS) is 23.8. The van der Waals surface area contributed by atoms with Crippen molar-refractivity contribution in [3.63, 3.8) is 0 Å². The summed E-state index contributed by atoms with van der Waals surface area (Å²) in [5.41, 5.74) is 1.94. The van der Waals surface area contributed by atoms with Crippen molar-refractivity contribution in [3.8, 4) is 0 Å². The predicted octanol–water partition coefficient (Wildman–Crippen LogP) is 5.30. The fourth-order valence-electron chi connectivity index (χ4n) is 4.21. The monoisotopic (exact) mass is 395 g/mol. The molecule has 0 spiro atoms. The second kappa shape index (κ2) is 7.17. The average molecular weight is 396 g/mol. The van der Waals surface area contributed by atoms with E-state index in [1.54, 1.807) is 0 Å². The fourth-order valence-corrected chi connectivity index (χ4v) is 4.61. The summed E-state index contributed by atoms with van der Waals surface area (Å²) in [7, 11) is 0. The summed E-state index contributed by atoms with van der Waals surface area (Å²) in [6, 6.07) is 18.0.